The first-order valence-corrected chi connectivity index (χ1v) is 12.1. The van der Waals surface area contributed by atoms with Crippen molar-refractivity contribution in [2.45, 2.75) is 83.7 Å². The number of carbonyl (C=O) groups is 2. The molecule has 4 rings (SSSR count). The van der Waals surface area contributed by atoms with E-state index in [9.17, 15) is 9.59 Å². The Labute approximate surface area is 198 Å². The summed E-state index contributed by atoms with van der Waals surface area (Å²) in [5.74, 6) is -0.0558. The van der Waals surface area contributed by atoms with Crippen molar-refractivity contribution in [3.05, 3.63) is 70.3 Å². The molecule has 0 aromatic heterocycles. The third kappa shape index (κ3) is 4.71. The molecule has 4 heteroatoms. The van der Waals surface area contributed by atoms with Gasteiger partial charge < -0.3 is 9.64 Å². The Morgan fingerprint density at radius 2 is 1.52 bits per heavy atom. The Morgan fingerprint density at radius 1 is 0.939 bits per heavy atom. The van der Waals surface area contributed by atoms with Crippen LogP contribution in [0.4, 0.5) is 0 Å². The minimum absolute atomic E-state index is 0.0657. The topological polar surface area (TPSA) is 46.6 Å². The van der Waals surface area contributed by atoms with E-state index in [4.69, 9.17) is 4.74 Å². The first kappa shape index (κ1) is 23.5. The summed E-state index contributed by atoms with van der Waals surface area (Å²) in [5.41, 5.74) is 5.09. The number of aryl methyl sites for hydroxylation is 1. The summed E-state index contributed by atoms with van der Waals surface area (Å²) in [5, 5.41) is 0. The molecule has 0 aliphatic carbocycles. The number of fused-ring (bicyclic) bond motifs is 2. The Balaban J connectivity index is 1.42. The van der Waals surface area contributed by atoms with Crippen LogP contribution >= 0.6 is 0 Å². The normalized spacial score (nSPS) is 17.8. The maximum atomic E-state index is 13.1. The van der Waals surface area contributed by atoms with Crippen LogP contribution in [-0.2, 0) is 32.4 Å². The molecule has 2 aromatic carbocycles. The predicted octanol–water partition coefficient (Wildman–Crippen LogP) is 5.90. The molecule has 0 atom stereocenters. The van der Waals surface area contributed by atoms with Crippen LogP contribution in [0.3, 0.4) is 0 Å². The van der Waals surface area contributed by atoms with Crippen molar-refractivity contribution in [1.29, 1.82) is 0 Å². The van der Waals surface area contributed by atoms with Crippen LogP contribution < -0.4 is 0 Å². The average Bonchev–Trinajstić information content (AvgIpc) is 3.03. The summed E-state index contributed by atoms with van der Waals surface area (Å²) in [4.78, 5) is 27.3. The van der Waals surface area contributed by atoms with E-state index in [2.05, 4.69) is 59.7 Å². The zero-order valence-corrected chi connectivity index (χ0v) is 21.0. The number of hydrogen-bond donors (Lipinski definition) is 0. The lowest BCUT2D eigenvalue weighted by Gasteiger charge is -2.38. The Bertz CT molecular complexity index is 1030. The average molecular weight is 448 g/mol. The highest BCUT2D eigenvalue weighted by molar-refractivity contribution is 5.94. The highest BCUT2D eigenvalue weighted by Gasteiger charge is 2.47. The van der Waals surface area contributed by atoms with E-state index in [-0.39, 0.29) is 22.7 Å². The predicted molar refractivity (Wildman–Crippen MR) is 132 cm³/mol. The fourth-order valence-electron chi connectivity index (χ4n) is 4.95. The molecule has 0 bridgehead atoms. The van der Waals surface area contributed by atoms with E-state index in [1.54, 1.807) is 0 Å². The van der Waals surface area contributed by atoms with Gasteiger partial charge in [-0.25, -0.2) is 4.79 Å². The first-order chi connectivity index (χ1) is 15.4. The molecule has 2 aliphatic rings. The monoisotopic (exact) mass is 447 g/mol. The summed E-state index contributed by atoms with van der Waals surface area (Å²) >= 11 is 0. The van der Waals surface area contributed by atoms with Crippen molar-refractivity contribution in [1.82, 2.24) is 4.90 Å². The quantitative estimate of drug-likeness (QED) is 0.550. The minimum Gasteiger partial charge on any atom is -0.450 e. The van der Waals surface area contributed by atoms with Gasteiger partial charge in [0.05, 0.1) is 5.56 Å². The molecule has 0 saturated carbocycles. The van der Waals surface area contributed by atoms with Crippen molar-refractivity contribution in [3.63, 3.8) is 0 Å². The SMILES string of the molecule is CC(C)(C)c1cc(CCC(=O)N2CCC3(CC2)OC(=O)c2ccccc23)cc(C(C)(C)C)c1. The minimum atomic E-state index is -0.562. The number of carbonyl (C=O) groups excluding carboxylic acids is 2. The number of nitrogens with zero attached hydrogens (tertiary/aromatic N) is 1. The van der Waals surface area contributed by atoms with E-state index in [1.165, 1.54) is 16.7 Å². The lowest BCUT2D eigenvalue weighted by Crippen LogP contribution is -2.45. The summed E-state index contributed by atoms with van der Waals surface area (Å²) in [6, 6.07) is 14.5. The summed E-state index contributed by atoms with van der Waals surface area (Å²) in [6.07, 6.45) is 2.57. The fraction of sp³-hybridized carbons (Fsp3) is 0.517. The number of amides is 1. The van der Waals surface area contributed by atoms with E-state index < -0.39 is 5.60 Å². The lowest BCUT2D eigenvalue weighted by atomic mass is 9.79. The molecule has 2 aromatic rings. The number of hydrogen-bond acceptors (Lipinski definition) is 3. The molecular weight excluding hydrogens is 410 g/mol. The molecule has 0 radical (unpaired) electrons. The van der Waals surface area contributed by atoms with Crippen LogP contribution in [0, 0.1) is 0 Å². The van der Waals surface area contributed by atoms with Crippen molar-refractivity contribution in [2.75, 3.05) is 13.1 Å². The number of piperidine rings is 1. The molecule has 0 unspecified atom stereocenters. The smallest absolute Gasteiger partial charge is 0.339 e. The van der Waals surface area contributed by atoms with Crippen LogP contribution in [-0.4, -0.2) is 29.9 Å². The van der Waals surface area contributed by atoms with Gasteiger partial charge in [-0.3, -0.25) is 4.79 Å². The highest BCUT2D eigenvalue weighted by Crippen LogP contribution is 2.44. The van der Waals surface area contributed by atoms with Gasteiger partial charge in [-0.15, -0.1) is 0 Å². The van der Waals surface area contributed by atoms with E-state index >= 15 is 0 Å². The van der Waals surface area contributed by atoms with Gasteiger partial charge in [0.1, 0.15) is 5.60 Å². The molecule has 2 aliphatic heterocycles. The number of benzene rings is 2. The van der Waals surface area contributed by atoms with Gasteiger partial charge in [0.25, 0.3) is 0 Å². The van der Waals surface area contributed by atoms with Gasteiger partial charge in [-0.05, 0) is 40.0 Å². The van der Waals surface area contributed by atoms with Crippen LogP contribution in [0.25, 0.3) is 0 Å². The maximum absolute atomic E-state index is 13.1. The van der Waals surface area contributed by atoms with Gasteiger partial charge in [0.2, 0.25) is 5.91 Å². The molecule has 2 heterocycles. The van der Waals surface area contributed by atoms with Gasteiger partial charge in [-0.2, -0.15) is 0 Å². The van der Waals surface area contributed by atoms with E-state index in [0.29, 0.717) is 37.9 Å². The first-order valence-electron chi connectivity index (χ1n) is 12.1. The van der Waals surface area contributed by atoms with Crippen molar-refractivity contribution >= 4 is 11.9 Å². The fourth-order valence-corrected chi connectivity index (χ4v) is 4.95. The molecule has 1 amide bonds. The van der Waals surface area contributed by atoms with Crippen molar-refractivity contribution in [3.8, 4) is 0 Å². The Morgan fingerprint density at radius 3 is 2.09 bits per heavy atom. The third-order valence-corrected chi connectivity index (χ3v) is 7.20. The molecule has 4 nitrogen and oxygen atoms in total. The molecule has 33 heavy (non-hydrogen) atoms. The van der Waals surface area contributed by atoms with Gasteiger partial charge >= 0.3 is 5.97 Å². The van der Waals surface area contributed by atoms with E-state index in [0.717, 1.165) is 12.0 Å². The molecule has 1 fully saturated rings. The standard InChI is InChI=1S/C29H37NO3/c1-27(2,3)21-17-20(18-22(19-21)28(4,5)6)11-12-25(31)30-15-13-29(14-16-30)24-10-8-7-9-23(24)26(32)33-29/h7-10,17-19H,11-16H2,1-6H3. The zero-order valence-electron chi connectivity index (χ0n) is 21.0. The molecule has 1 saturated heterocycles. The number of rotatable bonds is 3. The Kier molecular flexibility index (Phi) is 5.92. The second kappa shape index (κ2) is 8.30. The van der Waals surface area contributed by atoms with Gasteiger partial charge in [0, 0.05) is 37.9 Å². The number of likely N-dealkylation sites (tertiary alicyclic amines) is 1. The number of ether oxygens (including phenoxy) is 1. The molecule has 176 valence electrons. The summed E-state index contributed by atoms with van der Waals surface area (Å²) in [7, 11) is 0. The summed E-state index contributed by atoms with van der Waals surface area (Å²) < 4.78 is 5.83. The molecule has 0 N–H and O–H groups in total. The van der Waals surface area contributed by atoms with Gasteiger partial charge in [0.15, 0.2) is 0 Å². The zero-order chi connectivity index (χ0) is 24.0. The largest absolute Gasteiger partial charge is 0.450 e. The maximum Gasteiger partial charge on any atom is 0.339 e. The number of esters is 1. The van der Waals surface area contributed by atoms with Crippen LogP contribution in [0.2, 0.25) is 0 Å². The second-order valence-corrected chi connectivity index (χ2v) is 11.7. The van der Waals surface area contributed by atoms with Crippen LogP contribution in [0.5, 0.6) is 0 Å². The molecule has 1 spiro atoms. The van der Waals surface area contributed by atoms with Crippen LogP contribution in [0.1, 0.15) is 93.4 Å². The van der Waals surface area contributed by atoms with E-state index in [1.807, 2.05) is 29.2 Å². The third-order valence-electron chi connectivity index (χ3n) is 7.20. The van der Waals surface area contributed by atoms with Crippen molar-refractivity contribution < 1.29 is 14.3 Å². The highest BCUT2D eigenvalue weighted by atomic mass is 16.6. The Hall–Kier alpha value is -2.62. The van der Waals surface area contributed by atoms with Crippen molar-refractivity contribution in [2.24, 2.45) is 0 Å². The summed E-state index contributed by atoms with van der Waals surface area (Å²) in [6.45, 7) is 14.7. The van der Waals surface area contributed by atoms with Crippen LogP contribution in [0.15, 0.2) is 42.5 Å². The molecular formula is C29H37NO3. The van der Waals surface area contributed by atoms with Gasteiger partial charge in [-0.1, -0.05) is 77.9 Å². The lowest BCUT2D eigenvalue weighted by molar-refractivity contribution is -0.135. The second-order valence-electron chi connectivity index (χ2n) is 11.7.